The molecule has 5 nitrogen and oxygen atoms in total. The monoisotopic (exact) mass is 294 g/mol. The zero-order valence-corrected chi connectivity index (χ0v) is 11.7. The van der Waals surface area contributed by atoms with Crippen molar-refractivity contribution in [3.05, 3.63) is 64.3 Å². The SMILES string of the molecule is O=c1c2nccnc2ncn1Cc1cc2ccccc2s1. The van der Waals surface area contributed by atoms with Crippen LogP contribution in [0.1, 0.15) is 4.88 Å². The number of hydrogen-bond acceptors (Lipinski definition) is 5. The van der Waals surface area contributed by atoms with Crippen molar-refractivity contribution in [2.45, 2.75) is 6.54 Å². The molecule has 0 unspecified atom stereocenters. The third-order valence-electron chi connectivity index (χ3n) is 3.26. The lowest BCUT2D eigenvalue weighted by Gasteiger charge is -2.03. The molecule has 1 aromatic carbocycles. The number of thiophene rings is 1. The molecule has 0 atom stereocenters. The fraction of sp³-hybridized carbons (Fsp3) is 0.0667. The molecule has 0 aliphatic heterocycles. The molecule has 0 amide bonds. The molecular formula is C15H10N4OS. The minimum absolute atomic E-state index is 0.162. The van der Waals surface area contributed by atoms with Crippen molar-refractivity contribution in [2.75, 3.05) is 0 Å². The Morgan fingerprint density at radius 2 is 1.95 bits per heavy atom. The summed E-state index contributed by atoms with van der Waals surface area (Å²) in [6.07, 6.45) is 4.57. The van der Waals surface area contributed by atoms with Crippen LogP contribution in [-0.2, 0) is 6.54 Å². The summed E-state index contributed by atoms with van der Waals surface area (Å²) < 4.78 is 2.79. The molecule has 0 bridgehead atoms. The Balaban J connectivity index is 1.80. The molecule has 0 fully saturated rings. The molecule has 4 rings (SSSR count). The molecule has 0 radical (unpaired) electrons. The highest BCUT2D eigenvalue weighted by Gasteiger charge is 2.08. The van der Waals surface area contributed by atoms with E-state index in [1.165, 1.54) is 28.8 Å². The molecule has 4 aromatic rings. The van der Waals surface area contributed by atoms with Gasteiger partial charge in [-0.3, -0.25) is 9.36 Å². The van der Waals surface area contributed by atoms with Crippen molar-refractivity contribution in [1.82, 2.24) is 19.5 Å². The van der Waals surface area contributed by atoms with E-state index in [1.54, 1.807) is 15.9 Å². The Morgan fingerprint density at radius 1 is 1.10 bits per heavy atom. The summed E-state index contributed by atoms with van der Waals surface area (Å²) >= 11 is 1.68. The Labute approximate surface area is 123 Å². The summed E-state index contributed by atoms with van der Waals surface area (Å²) in [5.74, 6) is 0. The van der Waals surface area contributed by atoms with Crippen LogP contribution in [0, 0.1) is 0 Å². The van der Waals surface area contributed by atoms with Crippen LogP contribution in [0.5, 0.6) is 0 Å². The van der Waals surface area contributed by atoms with Crippen LogP contribution in [0.3, 0.4) is 0 Å². The number of fused-ring (bicyclic) bond motifs is 2. The van der Waals surface area contributed by atoms with Crippen LogP contribution in [-0.4, -0.2) is 19.5 Å². The van der Waals surface area contributed by atoms with Gasteiger partial charge in [-0.15, -0.1) is 11.3 Å². The minimum atomic E-state index is -0.162. The highest BCUT2D eigenvalue weighted by atomic mass is 32.1. The fourth-order valence-corrected chi connectivity index (χ4v) is 3.35. The normalized spacial score (nSPS) is 11.2. The standard InChI is InChI=1S/C15H10N4OS/c20-15-13-14(17-6-5-16-13)18-9-19(15)8-11-7-10-3-1-2-4-12(10)21-11/h1-7,9H,8H2. The van der Waals surface area contributed by atoms with Gasteiger partial charge in [-0.05, 0) is 17.5 Å². The summed E-state index contributed by atoms with van der Waals surface area (Å²) in [4.78, 5) is 25.8. The lowest BCUT2D eigenvalue weighted by Crippen LogP contribution is -2.21. The lowest BCUT2D eigenvalue weighted by molar-refractivity contribution is 0.754. The van der Waals surface area contributed by atoms with Gasteiger partial charge >= 0.3 is 0 Å². The highest BCUT2D eigenvalue weighted by Crippen LogP contribution is 2.25. The minimum Gasteiger partial charge on any atom is -0.292 e. The van der Waals surface area contributed by atoms with E-state index in [9.17, 15) is 4.79 Å². The third-order valence-corrected chi connectivity index (χ3v) is 4.37. The Bertz CT molecular complexity index is 972. The Hall–Kier alpha value is -2.60. The van der Waals surface area contributed by atoms with Crippen LogP contribution in [0.2, 0.25) is 0 Å². The quantitative estimate of drug-likeness (QED) is 0.570. The van der Waals surface area contributed by atoms with Crippen molar-refractivity contribution in [2.24, 2.45) is 0 Å². The number of aromatic nitrogens is 4. The largest absolute Gasteiger partial charge is 0.292 e. The number of hydrogen-bond donors (Lipinski definition) is 0. The summed E-state index contributed by atoms with van der Waals surface area (Å²) in [6.45, 7) is 0.498. The predicted molar refractivity (Wildman–Crippen MR) is 82.5 cm³/mol. The molecule has 3 aromatic heterocycles. The lowest BCUT2D eigenvalue weighted by atomic mass is 10.2. The third kappa shape index (κ3) is 2.09. The van der Waals surface area contributed by atoms with Crippen LogP contribution < -0.4 is 5.56 Å². The first-order valence-corrected chi connectivity index (χ1v) is 7.26. The smallest absolute Gasteiger partial charge is 0.281 e. The molecule has 0 aliphatic rings. The van der Waals surface area contributed by atoms with Gasteiger partial charge in [0, 0.05) is 22.0 Å². The number of nitrogens with zero attached hydrogens (tertiary/aromatic N) is 4. The zero-order valence-electron chi connectivity index (χ0n) is 10.9. The van der Waals surface area contributed by atoms with E-state index in [0.717, 1.165) is 4.88 Å². The van der Waals surface area contributed by atoms with Gasteiger partial charge < -0.3 is 0 Å². The molecule has 0 aliphatic carbocycles. The molecule has 0 saturated carbocycles. The summed E-state index contributed by atoms with van der Waals surface area (Å²) in [6, 6.07) is 10.3. The van der Waals surface area contributed by atoms with Crippen LogP contribution in [0.25, 0.3) is 21.3 Å². The zero-order chi connectivity index (χ0) is 14.2. The van der Waals surface area contributed by atoms with Crippen LogP contribution >= 0.6 is 11.3 Å². The van der Waals surface area contributed by atoms with Gasteiger partial charge in [0.25, 0.3) is 5.56 Å². The van der Waals surface area contributed by atoms with Gasteiger partial charge in [-0.25, -0.2) is 15.0 Å². The summed E-state index contributed by atoms with van der Waals surface area (Å²) in [5.41, 5.74) is 0.529. The molecule has 21 heavy (non-hydrogen) atoms. The van der Waals surface area contributed by atoms with Gasteiger partial charge in [0.2, 0.25) is 0 Å². The van der Waals surface area contributed by atoms with E-state index in [0.29, 0.717) is 17.7 Å². The second-order valence-electron chi connectivity index (χ2n) is 4.66. The van der Waals surface area contributed by atoms with Gasteiger partial charge in [0.15, 0.2) is 11.2 Å². The Morgan fingerprint density at radius 3 is 2.86 bits per heavy atom. The average Bonchev–Trinajstić information content (AvgIpc) is 2.93. The first-order valence-electron chi connectivity index (χ1n) is 6.45. The van der Waals surface area contributed by atoms with E-state index < -0.39 is 0 Å². The van der Waals surface area contributed by atoms with Gasteiger partial charge in [0.1, 0.15) is 6.33 Å². The molecule has 0 saturated heterocycles. The molecule has 6 heteroatoms. The van der Waals surface area contributed by atoms with Gasteiger partial charge in [-0.2, -0.15) is 0 Å². The number of rotatable bonds is 2. The Kier molecular flexibility index (Phi) is 2.75. The summed E-state index contributed by atoms with van der Waals surface area (Å²) in [5, 5.41) is 1.19. The summed E-state index contributed by atoms with van der Waals surface area (Å²) in [7, 11) is 0. The van der Waals surface area contributed by atoms with E-state index in [-0.39, 0.29) is 5.56 Å². The van der Waals surface area contributed by atoms with Gasteiger partial charge in [-0.1, -0.05) is 18.2 Å². The van der Waals surface area contributed by atoms with Gasteiger partial charge in [0.05, 0.1) is 6.54 Å². The average molecular weight is 294 g/mol. The topological polar surface area (TPSA) is 60.7 Å². The van der Waals surface area contributed by atoms with E-state index in [4.69, 9.17) is 0 Å². The first-order chi connectivity index (χ1) is 10.3. The maximum atomic E-state index is 12.4. The molecular weight excluding hydrogens is 284 g/mol. The van der Waals surface area contributed by atoms with Crippen molar-refractivity contribution in [3.63, 3.8) is 0 Å². The second kappa shape index (κ2) is 4.75. The maximum absolute atomic E-state index is 12.4. The van der Waals surface area contributed by atoms with E-state index in [2.05, 4.69) is 33.2 Å². The van der Waals surface area contributed by atoms with E-state index >= 15 is 0 Å². The van der Waals surface area contributed by atoms with E-state index in [1.807, 2.05) is 12.1 Å². The first kappa shape index (κ1) is 12.2. The fourth-order valence-electron chi connectivity index (χ4n) is 2.28. The van der Waals surface area contributed by atoms with Crippen molar-refractivity contribution in [3.8, 4) is 0 Å². The maximum Gasteiger partial charge on any atom is 0.281 e. The number of benzene rings is 1. The van der Waals surface area contributed by atoms with Crippen LogP contribution in [0.15, 0.2) is 53.8 Å². The van der Waals surface area contributed by atoms with Crippen molar-refractivity contribution >= 4 is 32.6 Å². The van der Waals surface area contributed by atoms with Crippen molar-refractivity contribution in [1.29, 1.82) is 0 Å². The highest BCUT2D eigenvalue weighted by molar-refractivity contribution is 7.19. The molecule has 3 heterocycles. The molecule has 102 valence electrons. The molecule has 0 spiro atoms. The van der Waals surface area contributed by atoms with Crippen molar-refractivity contribution < 1.29 is 0 Å². The molecule has 0 N–H and O–H groups in total. The predicted octanol–water partition coefficient (Wildman–Crippen LogP) is 2.45. The second-order valence-corrected chi connectivity index (χ2v) is 5.83. The van der Waals surface area contributed by atoms with Crippen LogP contribution in [0.4, 0.5) is 0 Å².